The van der Waals surface area contributed by atoms with Crippen molar-refractivity contribution in [3.63, 3.8) is 0 Å². The van der Waals surface area contributed by atoms with E-state index in [4.69, 9.17) is 23.7 Å². The normalized spacial score (nSPS) is 14.6. The van der Waals surface area contributed by atoms with E-state index in [0.717, 1.165) is 0 Å². The number of fused-ring (bicyclic) bond motifs is 1. The zero-order valence-corrected chi connectivity index (χ0v) is 25.3. The molecule has 1 aliphatic rings. The smallest absolute Gasteiger partial charge is 0.338 e. The number of allylic oxidation sites excluding steroid dienone is 1. The molecule has 0 saturated carbocycles. The first-order chi connectivity index (χ1) is 20.2. The third-order valence-corrected chi connectivity index (χ3v) is 7.20. The number of rotatable bonds is 11. The molecule has 0 aliphatic carbocycles. The number of aromatic nitrogens is 1. The molecule has 2 aromatic carbocycles. The second kappa shape index (κ2) is 13.5. The van der Waals surface area contributed by atoms with E-state index in [1.54, 1.807) is 50.3 Å². The Morgan fingerprint density at radius 1 is 0.905 bits per heavy atom. The van der Waals surface area contributed by atoms with Gasteiger partial charge in [-0.1, -0.05) is 23.5 Å². The highest BCUT2D eigenvalue weighted by Gasteiger charge is 2.34. The zero-order valence-electron chi connectivity index (χ0n) is 24.5. The summed E-state index contributed by atoms with van der Waals surface area (Å²) in [5.41, 5.74) is 1.72. The Labute approximate surface area is 247 Å². The number of hydrogen-bond acceptors (Lipinski definition) is 10. The minimum absolute atomic E-state index is 0.172. The Morgan fingerprint density at radius 3 is 2.19 bits per heavy atom. The van der Waals surface area contributed by atoms with E-state index in [0.29, 0.717) is 69.0 Å². The Morgan fingerprint density at radius 2 is 1.55 bits per heavy atom. The van der Waals surface area contributed by atoms with E-state index in [-0.39, 0.29) is 17.7 Å². The van der Waals surface area contributed by atoms with E-state index < -0.39 is 18.0 Å². The maximum Gasteiger partial charge on any atom is 0.338 e. The molecule has 42 heavy (non-hydrogen) atoms. The first-order valence-corrected chi connectivity index (χ1v) is 14.6. The van der Waals surface area contributed by atoms with Crippen LogP contribution in [-0.2, 0) is 14.3 Å². The van der Waals surface area contributed by atoms with E-state index in [1.807, 2.05) is 26.8 Å². The molecule has 11 heteroatoms. The molecule has 3 aromatic rings. The van der Waals surface area contributed by atoms with Gasteiger partial charge in [0.25, 0.3) is 5.56 Å². The van der Waals surface area contributed by atoms with Gasteiger partial charge in [-0.2, -0.15) is 0 Å². The van der Waals surface area contributed by atoms with Gasteiger partial charge >= 0.3 is 11.9 Å². The molecular weight excluding hydrogens is 560 g/mol. The molecule has 1 unspecified atom stereocenters. The average molecular weight is 595 g/mol. The number of nitrogens with zero attached hydrogens (tertiary/aromatic N) is 2. The topological polar surface area (TPSA) is 115 Å². The van der Waals surface area contributed by atoms with Crippen molar-refractivity contribution >= 4 is 29.4 Å². The molecule has 0 amide bonds. The van der Waals surface area contributed by atoms with Crippen LogP contribution in [0.2, 0.25) is 0 Å². The molecule has 0 N–H and O–H groups in total. The first-order valence-electron chi connectivity index (χ1n) is 13.8. The van der Waals surface area contributed by atoms with Gasteiger partial charge in [0.05, 0.1) is 48.3 Å². The largest absolute Gasteiger partial charge is 0.490 e. The van der Waals surface area contributed by atoms with Gasteiger partial charge in [0.2, 0.25) is 0 Å². The summed E-state index contributed by atoms with van der Waals surface area (Å²) < 4.78 is 29.8. The summed E-state index contributed by atoms with van der Waals surface area (Å²) >= 11 is 1.21. The van der Waals surface area contributed by atoms with Crippen LogP contribution < -0.4 is 33.8 Å². The zero-order chi connectivity index (χ0) is 30.4. The molecule has 2 heterocycles. The van der Waals surface area contributed by atoms with E-state index in [9.17, 15) is 14.4 Å². The number of esters is 2. The van der Waals surface area contributed by atoms with Crippen LogP contribution in [-0.4, -0.2) is 42.9 Å². The summed E-state index contributed by atoms with van der Waals surface area (Å²) in [6.07, 6.45) is 1.72. The maximum atomic E-state index is 14.0. The van der Waals surface area contributed by atoms with Crippen LogP contribution in [0.25, 0.3) is 6.08 Å². The van der Waals surface area contributed by atoms with Crippen molar-refractivity contribution in [2.45, 2.75) is 47.6 Å². The van der Waals surface area contributed by atoms with Gasteiger partial charge in [-0.3, -0.25) is 14.2 Å². The predicted molar refractivity (Wildman–Crippen MR) is 158 cm³/mol. The molecule has 0 saturated heterocycles. The third-order valence-electron chi connectivity index (χ3n) is 6.22. The standard InChI is InChI=1S/C31H34N2O8S/c1-7-37-22-14-12-21(17-25(22)39-9-3)28-27(30(36)40-10-4)18(5)32-31-33(28)29(35)26(42-31)16-20-11-13-23(41-19(6)34)24(15-20)38-8-2/h11-17,28H,7-10H2,1-6H3. The minimum atomic E-state index is -0.803. The van der Waals surface area contributed by atoms with Crippen molar-refractivity contribution in [2.24, 2.45) is 4.99 Å². The molecule has 1 atom stereocenters. The number of hydrogen-bond donors (Lipinski definition) is 0. The second-order valence-corrected chi connectivity index (χ2v) is 10.1. The highest BCUT2D eigenvalue weighted by Crippen LogP contribution is 2.36. The van der Waals surface area contributed by atoms with Crippen LogP contribution in [0.1, 0.15) is 58.7 Å². The fourth-order valence-corrected chi connectivity index (χ4v) is 5.66. The van der Waals surface area contributed by atoms with Crippen LogP contribution in [0.4, 0.5) is 0 Å². The number of thiazole rings is 1. The lowest BCUT2D eigenvalue weighted by Gasteiger charge is -2.25. The maximum absolute atomic E-state index is 14.0. The highest BCUT2D eigenvalue weighted by molar-refractivity contribution is 7.07. The van der Waals surface area contributed by atoms with Crippen molar-refractivity contribution < 1.29 is 33.3 Å². The van der Waals surface area contributed by atoms with Crippen molar-refractivity contribution in [3.8, 4) is 23.0 Å². The summed E-state index contributed by atoms with van der Waals surface area (Å²) in [6, 6.07) is 9.63. The SMILES string of the molecule is CCOC(=O)C1=C(C)N=c2sc(=Cc3ccc(OC(C)=O)c(OCC)c3)c(=O)n2C1c1ccc(OCC)c(OCC)c1. The summed E-state index contributed by atoms with van der Waals surface area (Å²) in [4.78, 5) is 43.8. The van der Waals surface area contributed by atoms with Crippen LogP contribution in [0.5, 0.6) is 23.0 Å². The average Bonchev–Trinajstić information content (AvgIpc) is 3.24. The van der Waals surface area contributed by atoms with Gasteiger partial charge in [-0.05, 0) is 76.1 Å². The molecule has 222 valence electrons. The van der Waals surface area contributed by atoms with Gasteiger partial charge in [-0.15, -0.1) is 0 Å². The molecule has 4 rings (SSSR count). The summed E-state index contributed by atoms with van der Waals surface area (Å²) in [5.74, 6) is 0.729. The Balaban J connectivity index is 1.91. The fraction of sp³-hybridized carbons (Fsp3) is 0.355. The summed E-state index contributed by atoms with van der Waals surface area (Å²) in [6.45, 7) is 11.7. The minimum Gasteiger partial charge on any atom is -0.490 e. The predicted octanol–water partition coefficient (Wildman–Crippen LogP) is 3.92. The molecule has 1 aliphatic heterocycles. The number of benzene rings is 2. The summed E-state index contributed by atoms with van der Waals surface area (Å²) in [7, 11) is 0. The third kappa shape index (κ3) is 6.41. The lowest BCUT2D eigenvalue weighted by molar-refractivity contribution is -0.139. The fourth-order valence-electron chi connectivity index (χ4n) is 4.62. The van der Waals surface area contributed by atoms with Crippen molar-refractivity contribution in [1.29, 1.82) is 0 Å². The van der Waals surface area contributed by atoms with E-state index in [2.05, 4.69) is 4.99 Å². The second-order valence-electron chi connectivity index (χ2n) is 9.11. The first kappa shape index (κ1) is 30.6. The van der Waals surface area contributed by atoms with Crippen molar-refractivity contribution in [3.05, 3.63) is 78.5 Å². The molecular formula is C31H34N2O8S. The molecule has 0 fully saturated rings. The monoisotopic (exact) mass is 594 g/mol. The van der Waals surface area contributed by atoms with Gasteiger partial charge in [0, 0.05) is 6.92 Å². The number of carbonyl (C=O) groups is 2. The number of ether oxygens (including phenoxy) is 5. The summed E-state index contributed by atoms with van der Waals surface area (Å²) in [5, 5.41) is 0. The lowest BCUT2D eigenvalue weighted by atomic mass is 9.95. The Hall–Kier alpha value is -4.38. The van der Waals surface area contributed by atoms with Gasteiger partial charge in [-0.25, -0.2) is 9.79 Å². The molecule has 0 radical (unpaired) electrons. The Bertz CT molecular complexity index is 1700. The van der Waals surface area contributed by atoms with Crippen LogP contribution >= 0.6 is 11.3 Å². The van der Waals surface area contributed by atoms with Crippen LogP contribution in [0, 0.1) is 0 Å². The van der Waals surface area contributed by atoms with Crippen LogP contribution in [0.3, 0.4) is 0 Å². The van der Waals surface area contributed by atoms with Gasteiger partial charge in [0.1, 0.15) is 0 Å². The number of carbonyl (C=O) groups excluding carboxylic acids is 2. The molecule has 10 nitrogen and oxygen atoms in total. The highest BCUT2D eigenvalue weighted by atomic mass is 32.1. The van der Waals surface area contributed by atoms with Crippen LogP contribution in [0.15, 0.2) is 57.5 Å². The van der Waals surface area contributed by atoms with Gasteiger partial charge in [0.15, 0.2) is 27.8 Å². The van der Waals surface area contributed by atoms with E-state index >= 15 is 0 Å². The molecule has 0 bridgehead atoms. The van der Waals surface area contributed by atoms with Gasteiger partial charge < -0.3 is 23.7 Å². The molecule has 1 aromatic heterocycles. The Kier molecular flexibility index (Phi) is 9.84. The molecule has 0 spiro atoms. The van der Waals surface area contributed by atoms with Crippen molar-refractivity contribution in [1.82, 2.24) is 4.57 Å². The lowest BCUT2D eigenvalue weighted by Crippen LogP contribution is -2.40. The van der Waals surface area contributed by atoms with E-state index in [1.165, 1.54) is 22.8 Å². The quantitative estimate of drug-likeness (QED) is 0.243. The van der Waals surface area contributed by atoms with Crippen molar-refractivity contribution in [2.75, 3.05) is 26.4 Å².